The van der Waals surface area contributed by atoms with Crippen LogP contribution >= 0.6 is 0 Å². The van der Waals surface area contributed by atoms with E-state index in [0.29, 0.717) is 23.3 Å². The van der Waals surface area contributed by atoms with Gasteiger partial charge in [0.2, 0.25) is 5.95 Å². The van der Waals surface area contributed by atoms with E-state index in [1.807, 2.05) is 24.3 Å². The lowest BCUT2D eigenvalue weighted by molar-refractivity contribution is 0.299. The zero-order valence-corrected chi connectivity index (χ0v) is 16.5. The molecule has 3 aromatic rings. The molecular weight excluding hydrogens is 360 g/mol. The van der Waals surface area contributed by atoms with Gasteiger partial charge in [-0.3, -0.25) is 9.78 Å². The van der Waals surface area contributed by atoms with E-state index in [1.165, 1.54) is 11.1 Å². The van der Waals surface area contributed by atoms with Crippen LogP contribution in [0.25, 0.3) is 16.5 Å². The molecule has 1 unspecified atom stereocenters. The van der Waals surface area contributed by atoms with Gasteiger partial charge in [-0.15, -0.1) is 0 Å². The number of nitrogens with one attached hydrogen (secondary N) is 2. The van der Waals surface area contributed by atoms with Crippen molar-refractivity contribution in [1.29, 1.82) is 0 Å². The second-order valence-electron chi connectivity index (χ2n) is 8.05. The molecule has 1 saturated heterocycles. The Bertz CT molecular complexity index is 1080. The zero-order chi connectivity index (χ0) is 19.6. The van der Waals surface area contributed by atoms with Gasteiger partial charge in [-0.1, -0.05) is 48.5 Å². The average Bonchev–Trinajstić information content (AvgIpc) is 2.80. The Kier molecular flexibility index (Phi) is 4.90. The van der Waals surface area contributed by atoms with Crippen LogP contribution in [-0.4, -0.2) is 35.6 Å². The molecule has 2 aromatic carbocycles. The third-order valence-corrected chi connectivity index (χ3v) is 6.32. The number of nitrogens with zero attached hydrogens (tertiary/aromatic N) is 2. The van der Waals surface area contributed by atoms with E-state index < -0.39 is 0 Å². The summed E-state index contributed by atoms with van der Waals surface area (Å²) in [6, 6.07) is 18.8. The molecule has 5 heteroatoms. The van der Waals surface area contributed by atoms with E-state index in [-0.39, 0.29) is 5.56 Å². The van der Waals surface area contributed by atoms with Crippen molar-refractivity contribution in [3.05, 3.63) is 76.6 Å². The van der Waals surface area contributed by atoms with Crippen LogP contribution < -0.4 is 15.8 Å². The number of rotatable bonds is 3. The van der Waals surface area contributed by atoms with Crippen molar-refractivity contribution in [3.8, 4) is 0 Å². The van der Waals surface area contributed by atoms with Crippen molar-refractivity contribution in [1.82, 2.24) is 15.3 Å². The van der Waals surface area contributed by atoms with Crippen molar-refractivity contribution in [2.24, 2.45) is 5.92 Å². The molecule has 148 valence electrons. The van der Waals surface area contributed by atoms with Crippen LogP contribution in [0.5, 0.6) is 0 Å². The summed E-state index contributed by atoms with van der Waals surface area (Å²) in [5.74, 6) is 1.35. The van der Waals surface area contributed by atoms with Crippen LogP contribution in [0.15, 0.2) is 65.5 Å². The van der Waals surface area contributed by atoms with Crippen LogP contribution in [-0.2, 0) is 0 Å². The molecule has 1 fully saturated rings. The highest BCUT2D eigenvalue weighted by atomic mass is 16.1. The zero-order valence-electron chi connectivity index (χ0n) is 16.5. The van der Waals surface area contributed by atoms with E-state index in [2.05, 4.69) is 51.6 Å². The Morgan fingerprint density at radius 1 is 0.966 bits per heavy atom. The predicted molar refractivity (Wildman–Crippen MR) is 118 cm³/mol. The summed E-state index contributed by atoms with van der Waals surface area (Å²) in [4.78, 5) is 22.3. The number of para-hydroxylation sites is 1. The van der Waals surface area contributed by atoms with Gasteiger partial charge in [-0.25, -0.2) is 4.98 Å². The number of hydrogen-bond acceptors (Lipinski definition) is 4. The molecule has 0 saturated carbocycles. The summed E-state index contributed by atoms with van der Waals surface area (Å²) in [6.45, 7) is 2.79. The van der Waals surface area contributed by atoms with E-state index in [1.54, 1.807) is 0 Å². The van der Waals surface area contributed by atoms with E-state index >= 15 is 0 Å². The van der Waals surface area contributed by atoms with Gasteiger partial charge in [0.15, 0.2) is 0 Å². The molecule has 2 N–H and O–H groups in total. The fourth-order valence-electron chi connectivity index (χ4n) is 4.68. The number of hydrogen-bond donors (Lipinski definition) is 2. The van der Waals surface area contributed by atoms with Crippen molar-refractivity contribution >= 4 is 22.4 Å². The molecule has 0 amide bonds. The van der Waals surface area contributed by atoms with Gasteiger partial charge >= 0.3 is 0 Å². The molecule has 0 aliphatic carbocycles. The summed E-state index contributed by atoms with van der Waals surface area (Å²) in [5.41, 5.74) is 3.51. The Balaban J connectivity index is 1.26. The van der Waals surface area contributed by atoms with Crippen LogP contribution in [0.4, 0.5) is 5.95 Å². The molecule has 5 nitrogen and oxygen atoms in total. The molecular formula is C24H26N4O. The average molecular weight is 386 g/mol. The van der Waals surface area contributed by atoms with Gasteiger partial charge in [0.1, 0.15) is 0 Å². The maximum Gasteiger partial charge on any atom is 0.260 e. The minimum absolute atomic E-state index is 0.0562. The van der Waals surface area contributed by atoms with Crippen molar-refractivity contribution in [3.63, 3.8) is 0 Å². The molecule has 5 rings (SSSR count). The molecule has 3 heterocycles. The van der Waals surface area contributed by atoms with Crippen LogP contribution in [0.3, 0.4) is 0 Å². The number of H-pyrrole nitrogens is 1. The fourth-order valence-corrected chi connectivity index (χ4v) is 4.68. The second-order valence-corrected chi connectivity index (χ2v) is 8.05. The molecule has 29 heavy (non-hydrogen) atoms. The van der Waals surface area contributed by atoms with Gasteiger partial charge in [0.05, 0.1) is 10.9 Å². The largest absolute Gasteiger partial charge is 0.342 e. The number of fused-ring (bicyclic) bond motifs is 1. The highest BCUT2D eigenvalue weighted by Crippen LogP contribution is 2.31. The van der Waals surface area contributed by atoms with Crippen molar-refractivity contribution < 1.29 is 0 Å². The Morgan fingerprint density at radius 2 is 1.72 bits per heavy atom. The van der Waals surface area contributed by atoms with Crippen LogP contribution in [0.2, 0.25) is 0 Å². The minimum atomic E-state index is -0.0562. The first kappa shape index (κ1) is 18.1. The van der Waals surface area contributed by atoms with Crippen LogP contribution in [0, 0.1) is 5.92 Å². The summed E-state index contributed by atoms with van der Waals surface area (Å²) in [6.07, 6.45) is 5.62. The molecule has 0 radical (unpaired) electrons. The van der Waals surface area contributed by atoms with Gasteiger partial charge < -0.3 is 10.2 Å². The minimum Gasteiger partial charge on any atom is -0.342 e. The van der Waals surface area contributed by atoms with Gasteiger partial charge in [-0.05, 0) is 48.4 Å². The van der Waals surface area contributed by atoms with E-state index in [9.17, 15) is 4.79 Å². The highest BCUT2D eigenvalue weighted by Gasteiger charge is 2.29. The van der Waals surface area contributed by atoms with E-state index in [4.69, 9.17) is 4.98 Å². The highest BCUT2D eigenvalue weighted by molar-refractivity contribution is 5.78. The number of aromatic nitrogens is 2. The quantitative estimate of drug-likeness (QED) is 0.722. The normalized spacial score (nSPS) is 20.6. The predicted octanol–water partition coefficient (Wildman–Crippen LogP) is 3.59. The third kappa shape index (κ3) is 3.70. The first-order chi connectivity index (χ1) is 14.3. The fraction of sp³-hybridized carbons (Fsp3) is 0.333. The number of anilines is 1. The topological polar surface area (TPSA) is 61.0 Å². The maximum absolute atomic E-state index is 12.4. The Labute approximate surface area is 170 Å². The van der Waals surface area contributed by atoms with Gasteiger partial charge in [0, 0.05) is 25.7 Å². The molecule has 2 aliphatic heterocycles. The second kappa shape index (κ2) is 7.84. The SMILES string of the molecule is O=c1[nH]c(N2CCC(C3CC(c4ccccc4)=CCN3)CC2)nc2ccccc12. The maximum atomic E-state index is 12.4. The molecule has 0 spiro atoms. The van der Waals surface area contributed by atoms with E-state index in [0.717, 1.165) is 44.4 Å². The van der Waals surface area contributed by atoms with Gasteiger partial charge in [-0.2, -0.15) is 0 Å². The number of aromatic amines is 1. The van der Waals surface area contributed by atoms with Gasteiger partial charge in [0.25, 0.3) is 5.56 Å². The third-order valence-electron chi connectivity index (χ3n) is 6.32. The summed E-state index contributed by atoms with van der Waals surface area (Å²) in [5, 5.41) is 4.36. The number of piperidine rings is 1. The summed E-state index contributed by atoms with van der Waals surface area (Å²) >= 11 is 0. The van der Waals surface area contributed by atoms with Crippen LogP contribution in [0.1, 0.15) is 24.8 Å². The lowest BCUT2D eigenvalue weighted by Crippen LogP contribution is -2.45. The number of benzene rings is 2. The first-order valence-corrected chi connectivity index (χ1v) is 10.5. The standard InChI is InChI=1S/C24H26N4O/c29-23-20-8-4-5-9-21(20)26-24(27-23)28-14-11-18(12-15-28)22-16-19(10-13-25-22)17-6-2-1-3-7-17/h1-10,18,22,25H,11-16H2,(H,26,27,29). The molecule has 1 atom stereocenters. The summed E-state index contributed by atoms with van der Waals surface area (Å²) < 4.78 is 0. The first-order valence-electron chi connectivity index (χ1n) is 10.5. The molecule has 2 aliphatic rings. The molecule has 1 aromatic heterocycles. The van der Waals surface area contributed by atoms with Crippen molar-refractivity contribution in [2.45, 2.75) is 25.3 Å². The smallest absolute Gasteiger partial charge is 0.260 e. The lowest BCUT2D eigenvalue weighted by Gasteiger charge is -2.38. The Morgan fingerprint density at radius 3 is 2.55 bits per heavy atom. The Hall–Kier alpha value is -2.92. The lowest BCUT2D eigenvalue weighted by atomic mass is 9.83. The summed E-state index contributed by atoms with van der Waals surface area (Å²) in [7, 11) is 0. The monoisotopic (exact) mass is 386 g/mol. The van der Waals surface area contributed by atoms with Crippen molar-refractivity contribution in [2.75, 3.05) is 24.5 Å². The molecule has 0 bridgehead atoms.